The van der Waals surface area contributed by atoms with Crippen LogP contribution in [0, 0.1) is 0 Å². The van der Waals surface area contributed by atoms with Crippen molar-refractivity contribution in [2.75, 3.05) is 13.2 Å². The number of rotatable bonds is 7. The van der Waals surface area contributed by atoms with Crippen LogP contribution in [0.25, 0.3) is 0 Å². The Labute approximate surface area is 156 Å². The highest BCUT2D eigenvalue weighted by Gasteiger charge is 2.06. The summed E-state index contributed by atoms with van der Waals surface area (Å²) in [5.41, 5.74) is 0.614. The zero-order valence-electron chi connectivity index (χ0n) is 14.9. The molecule has 0 bridgehead atoms. The second-order valence-corrected chi connectivity index (χ2v) is 4.99. The molecule has 0 amide bonds. The van der Waals surface area contributed by atoms with Crippen molar-refractivity contribution < 1.29 is 24.7 Å². The van der Waals surface area contributed by atoms with E-state index in [-0.39, 0.29) is 13.2 Å². The van der Waals surface area contributed by atoms with E-state index in [0.29, 0.717) is 24.4 Å². The largest absolute Gasteiger partial charge is 0.550 e. The molecule has 10 heteroatoms. The molecule has 0 fully saturated rings. The number of hydrogen-bond acceptors (Lipinski definition) is 7. The highest BCUT2D eigenvalue weighted by atomic mass is 16.4. The Bertz CT molecular complexity index is 828. The molecule has 0 unspecified atom stereocenters. The molecule has 2 aromatic rings. The Kier molecular flexibility index (Phi) is 10.5. The summed E-state index contributed by atoms with van der Waals surface area (Å²) in [7, 11) is 0. The number of hydrogen-bond donors (Lipinski definition) is 2. The van der Waals surface area contributed by atoms with Crippen LogP contribution in [0.4, 0.5) is 5.82 Å². The number of carboxylic acid groups (broad SMARTS) is 1. The van der Waals surface area contributed by atoms with E-state index in [9.17, 15) is 0 Å². The molecule has 0 spiro atoms. The topological polar surface area (TPSA) is 139 Å². The van der Waals surface area contributed by atoms with Gasteiger partial charge in [-0.25, -0.2) is 4.57 Å². The summed E-state index contributed by atoms with van der Waals surface area (Å²) >= 11 is 0. The monoisotopic (exact) mass is 374 g/mol. The van der Waals surface area contributed by atoms with Crippen LogP contribution in [-0.4, -0.2) is 40.3 Å². The quantitative estimate of drug-likeness (QED) is 0.214. The van der Waals surface area contributed by atoms with E-state index in [0.717, 1.165) is 6.92 Å². The van der Waals surface area contributed by atoms with E-state index in [1.807, 2.05) is 36.7 Å². The van der Waals surface area contributed by atoms with Gasteiger partial charge in [-0.05, 0) is 30.2 Å². The van der Waals surface area contributed by atoms with Gasteiger partial charge in [0.1, 0.15) is 6.54 Å². The minimum Gasteiger partial charge on any atom is -0.550 e. The maximum Gasteiger partial charge on any atom is 0.350 e. The smallest absolute Gasteiger partial charge is 0.350 e. The van der Waals surface area contributed by atoms with Crippen LogP contribution in [-0.2, 0) is 17.9 Å². The van der Waals surface area contributed by atoms with Crippen molar-refractivity contribution in [2.45, 2.75) is 20.0 Å². The maximum absolute atomic E-state index is 8.99. The first-order chi connectivity index (χ1) is 13.1. The van der Waals surface area contributed by atoms with Crippen molar-refractivity contribution >= 4 is 18.1 Å². The van der Waals surface area contributed by atoms with Crippen molar-refractivity contribution in [1.82, 2.24) is 4.57 Å². The van der Waals surface area contributed by atoms with Crippen molar-refractivity contribution in [3.05, 3.63) is 54.3 Å². The summed E-state index contributed by atoms with van der Waals surface area (Å²) in [4.78, 5) is 8.89. The number of carbonyl (C=O) groups is 1. The fourth-order valence-electron chi connectivity index (χ4n) is 1.90. The first kappa shape index (κ1) is 21.8. The normalized spacial score (nSPS) is 11.6. The minimum absolute atomic E-state index is 0.0273. The van der Waals surface area contributed by atoms with Gasteiger partial charge in [0.2, 0.25) is 0 Å². The predicted octanol–water partition coefficient (Wildman–Crippen LogP) is -0.856. The minimum atomic E-state index is -1.08. The van der Waals surface area contributed by atoms with Crippen LogP contribution >= 0.6 is 0 Å². The third-order valence-electron chi connectivity index (χ3n) is 2.94. The van der Waals surface area contributed by atoms with Crippen molar-refractivity contribution in [3.8, 4) is 0 Å². The van der Waals surface area contributed by atoms with Gasteiger partial charge in [-0.15, -0.1) is 10.2 Å². The van der Waals surface area contributed by atoms with Gasteiger partial charge in [-0.3, -0.25) is 0 Å². The fourth-order valence-corrected chi connectivity index (χ4v) is 1.90. The number of pyridine rings is 2. The lowest BCUT2D eigenvalue weighted by molar-refractivity contribution is -0.685. The number of carbonyl (C=O) groups excluding carboxylic acids is 1. The third-order valence-corrected chi connectivity index (χ3v) is 2.94. The molecule has 0 aliphatic heterocycles. The Balaban J connectivity index is 0.000000828. The first-order valence-electron chi connectivity index (χ1n) is 8.08. The van der Waals surface area contributed by atoms with Gasteiger partial charge >= 0.3 is 5.82 Å². The zero-order chi connectivity index (χ0) is 19.9. The molecule has 2 heterocycles. The average Bonchev–Trinajstić information content (AvgIpc) is 2.64. The van der Waals surface area contributed by atoms with E-state index in [1.165, 1.54) is 6.34 Å². The number of aliphatic hydroxyl groups excluding tert-OH is 2. The fraction of sp³-hybridized carbons (Fsp3) is 0.294. The van der Waals surface area contributed by atoms with E-state index in [2.05, 4.69) is 20.4 Å². The molecule has 2 aromatic heterocycles. The van der Waals surface area contributed by atoms with E-state index >= 15 is 0 Å². The summed E-state index contributed by atoms with van der Waals surface area (Å²) in [5.74, 6) is -0.469. The highest BCUT2D eigenvalue weighted by Crippen LogP contribution is 2.03. The van der Waals surface area contributed by atoms with Crippen LogP contribution in [0.15, 0.2) is 69.2 Å². The molecule has 0 aromatic carbocycles. The summed E-state index contributed by atoms with van der Waals surface area (Å²) in [6.07, 6.45) is 4.87. The zero-order valence-corrected chi connectivity index (χ0v) is 14.9. The first-order valence-corrected chi connectivity index (χ1v) is 8.08. The second kappa shape index (κ2) is 13.0. The Morgan fingerprint density at radius 2 is 1.96 bits per heavy atom. The molecule has 10 nitrogen and oxygen atoms in total. The molecule has 0 saturated carbocycles. The van der Waals surface area contributed by atoms with E-state index in [4.69, 9.17) is 20.1 Å². The van der Waals surface area contributed by atoms with Gasteiger partial charge in [0, 0.05) is 24.8 Å². The number of azo groups is 1. The Morgan fingerprint density at radius 1 is 1.22 bits per heavy atom. The molecule has 0 saturated heterocycles. The molecule has 2 rings (SSSR count). The summed E-state index contributed by atoms with van der Waals surface area (Å²) < 4.78 is 3.56. The van der Waals surface area contributed by atoms with Gasteiger partial charge in [0.05, 0.1) is 24.5 Å². The van der Waals surface area contributed by atoms with E-state index in [1.54, 1.807) is 21.3 Å². The predicted molar refractivity (Wildman–Crippen MR) is 94.5 cm³/mol. The Morgan fingerprint density at radius 3 is 2.67 bits per heavy atom. The Hall–Kier alpha value is -3.24. The molecule has 0 aliphatic rings. The van der Waals surface area contributed by atoms with Gasteiger partial charge < -0.3 is 24.7 Å². The standard InChI is InChI=1S/C15H19N6O2.C2H4O2/c22-11-9-20-7-3-1-5-14(20)18-16-13-17-19-15-6-2-4-8-21(15)10-12-23;1-2(3)4/h1-8,13,22-23H,9-12H2;1H3,(H,3,4)/q+1;/p-1. The number of nitrogens with zero attached hydrogens (tertiary/aromatic N) is 6. The van der Waals surface area contributed by atoms with Crippen molar-refractivity contribution in [2.24, 2.45) is 20.4 Å². The van der Waals surface area contributed by atoms with Crippen molar-refractivity contribution in [3.63, 3.8) is 0 Å². The molecular formula is C17H22N6O4. The molecule has 0 atom stereocenters. The van der Waals surface area contributed by atoms with Crippen LogP contribution in [0.5, 0.6) is 0 Å². The summed E-state index contributed by atoms with van der Waals surface area (Å²) in [6, 6.07) is 11.0. The molecule has 0 radical (unpaired) electrons. The molecule has 0 aliphatic carbocycles. The van der Waals surface area contributed by atoms with Crippen LogP contribution in [0.2, 0.25) is 0 Å². The second-order valence-electron chi connectivity index (χ2n) is 4.99. The SMILES string of the molecule is CC(=O)[O-].OCCn1cccc\c1=N/N=C/N=N/c1cccc[n+]1CCO. The lowest BCUT2D eigenvalue weighted by atomic mass is 10.4. The number of aliphatic carboxylic acids is 1. The molecule has 27 heavy (non-hydrogen) atoms. The van der Waals surface area contributed by atoms with Crippen LogP contribution in [0.1, 0.15) is 6.92 Å². The van der Waals surface area contributed by atoms with Gasteiger partial charge in [0.25, 0.3) is 0 Å². The number of aliphatic hydroxyl groups is 2. The average molecular weight is 374 g/mol. The van der Waals surface area contributed by atoms with E-state index < -0.39 is 5.97 Å². The summed E-state index contributed by atoms with van der Waals surface area (Å²) in [6.45, 7) is 1.92. The van der Waals surface area contributed by atoms with Gasteiger partial charge in [-0.1, -0.05) is 12.1 Å². The molecule has 2 N–H and O–H groups in total. The van der Waals surface area contributed by atoms with Crippen molar-refractivity contribution in [1.29, 1.82) is 0 Å². The summed E-state index contributed by atoms with van der Waals surface area (Å²) in [5, 5.41) is 42.7. The molecule has 144 valence electrons. The highest BCUT2D eigenvalue weighted by molar-refractivity contribution is 5.60. The van der Waals surface area contributed by atoms with Gasteiger partial charge in [-0.2, -0.15) is 0 Å². The van der Waals surface area contributed by atoms with Crippen LogP contribution in [0.3, 0.4) is 0 Å². The third kappa shape index (κ3) is 9.14. The maximum atomic E-state index is 8.99. The number of carboxylic acids is 1. The molecular weight excluding hydrogens is 352 g/mol. The van der Waals surface area contributed by atoms with Gasteiger partial charge in [0.15, 0.2) is 11.8 Å². The lowest BCUT2D eigenvalue weighted by Gasteiger charge is -2.02. The van der Waals surface area contributed by atoms with Crippen LogP contribution < -0.4 is 15.2 Å². The lowest BCUT2D eigenvalue weighted by Crippen LogP contribution is -2.35. The number of aromatic nitrogens is 2.